The van der Waals surface area contributed by atoms with Gasteiger partial charge in [-0.25, -0.2) is 4.79 Å². The van der Waals surface area contributed by atoms with Crippen LogP contribution < -0.4 is 5.32 Å². The molecule has 4 amide bonds. The van der Waals surface area contributed by atoms with Gasteiger partial charge in [0.25, 0.3) is 0 Å². The molecule has 1 atom stereocenters. The zero-order valence-corrected chi connectivity index (χ0v) is 10.9. The highest BCUT2D eigenvalue weighted by atomic mass is 16.2. The van der Waals surface area contributed by atoms with Crippen LogP contribution in [0.4, 0.5) is 4.79 Å². The van der Waals surface area contributed by atoms with E-state index in [0.29, 0.717) is 12.8 Å². The molecular formula is C12H16N4O3. The van der Waals surface area contributed by atoms with Crippen molar-refractivity contribution in [2.24, 2.45) is 13.0 Å². The van der Waals surface area contributed by atoms with Crippen molar-refractivity contribution in [3.05, 3.63) is 18.0 Å². The second kappa shape index (κ2) is 5.21. The molecule has 1 aliphatic rings. The van der Waals surface area contributed by atoms with Crippen LogP contribution in [0.3, 0.4) is 0 Å². The number of urea groups is 1. The number of nitrogens with one attached hydrogen (secondary N) is 1. The van der Waals surface area contributed by atoms with Gasteiger partial charge in [-0.2, -0.15) is 5.10 Å². The second-order valence-corrected chi connectivity index (χ2v) is 4.58. The molecule has 7 nitrogen and oxygen atoms in total. The van der Waals surface area contributed by atoms with Crippen LogP contribution >= 0.6 is 0 Å². The number of carbonyl (C=O) groups is 3. The SMILES string of the molecule is CCCC1C(=O)NC(=O)N(Cc2cnn(C)c2)C1=O. The van der Waals surface area contributed by atoms with Crippen molar-refractivity contribution >= 4 is 17.8 Å². The largest absolute Gasteiger partial charge is 0.331 e. The van der Waals surface area contributed by atoms with Gasteiger partial charge in [0, 0.05) is 18.8 Å². The molecule has 19 heavy (non-hydrogen) atoms. The van der Waals surface area contributed by atoms with Crippen LogP contribution in [0.15, 0.2) is 12.4 Å². The zero-order chi connectivity index (χ0) is 14.0. The number of aromatic nitrogens is 2. The third kappa shape index (κ3) is 2.64. The first-order valence-electron chi connectivity index (χ1n) is 6.16. The van der Waals surface area contributed by atoms with E-state index in [1.54, 1.807) is 24.1 Å². The lowest BCUT2D eigenvalue weighted by atomic mass is 9.99. The van der Waals surface area contributed by atoms with E-state index in [1.807, 2.05) is 6.92 Å². The van der Waals surface area contributed by atoms with Crippen LogP contribution in [-0.4, -0.2) is 32.5 Å². The van der Waals surface area contributed by atoms with Gasteiger partial charge in [-0.1, -0.05) is 13.3 Å². The van der Waals surface area contributed by atoms with Gasteiger partial charge < -0.3 is 0 Å². The summed E-state index contributed by atoms with van der Waals surface area (Å²) in [6.45, 7) is 2.02. The summed E-state index contributed by atoms with van der Waals surface area (Å²) in [7, 11) is 1.75. The summed E-state index contributed by atoms with van der Waals surface area (Å²) in [5.41, 5.74) is 0.746. The first-order chi connectivity index (χ1) is 9.02. The molecule has 0 radical (unpaired) electrons. The molecule has 2 rings (SSSR count). The molecule has 1 N–H and O–H groups in total. The Kier molecular flexibility index (Phi) is 3.64. The van der Waals surface area contributed by atoms with Crippen LogP contribution in [0.25, 0.3) is 0 Å². The van der Waals surface area contributed by atoms with Gasteiger partial charge >= 0.3 is 6.03 Å². The van der Waals surface area contributed by atoms with Crippen molar-refractivity contribution in [3.8, 4) is 0 Å². The summed E-state index contributed by atoms with van der Waals surface area (Å²) in [6.07, 6.45) is 4.47. The monoisotopic (exact) mass is 264 g/mol. The van der Waals surface area contributed by atoms with E-state index in [9.17, 15) is 14.4 Å². The van der Waals surface area contributed by atoms with E-state index < -0.39 is 23.8 Å². The maximum Gasteiger partial charge on any atom is 0.331 e. The van der Waals surface area contributed by atoms with E-state index in [0.717, 1.165) is 10.5 Å². The third-order valence-corrected chi connectivity index (χ3v) is 3.03. The highest BCUT2D eigenvalue weighted by Crippen LogP contribution is 2.17. The minimum Gasteiger partial charge on any atom is -0.277 e. The van der Waals surface area contributed by atoms with Crippen LogP contribution in [-0.2, 0) is 23.2 Å². The molecule has 0 aliphatic carbocycles. The first-order valence-corrected chi connectivity index (χ1v) is 6.16. The maximum absolute atomic E-state index is 12.2. The van der Waals surface area contributed by atoms with E-state index in [2.05, 4.69) is 10.4 Å². The number of aryl methyl sites for hydroxylation is 1. The highest BCUT2D eigenvalue weighted by molar-refractivity contribution is 6.16. The lowest BCUT2D eigenvalue weighted by Crippen LogP contribution is -2.57. The number of imide groups is 2. The van der Waals surface area contributed by atoms with Crippen molar-refractivity contribution in [2.45, 2.75) is 26.3 Å². The van der Waals surface area contributed by atoms with E-state index in [-0.39, 0.29) is 6.54 Å². The Labute approximate surface area is 110 Å². The van der Waals surface area contributed by atoms with Crippen molar-refractivity contribution in [1.82, 2.24) is 20.0 Å². The molecule has 1 aliphatic heterocycles. The number of nitrogens with zero attached hydrogens (tertiary/aromatic N) is 3. The van der Waals surface area contributed by atoms with Gasteiger partial charge in [-0.3, -0.25) is 24.5 Å². The van der Waals surface area contributed by atoms with Crippen LogP contribution in [0.1, 0.15) is 25.3 Å². The third-order valence-electron chi connectivity index (χ3n) is 3.03. The standard InChI is InChI=1S/C12H16N4O3/c1-3-4-9-10(17)14-12(19)16(11(9)18)7-8-5-13-15(2)6-8/h5-6,9H,3-4,7H2,1-2H3,(H,14,17,19). The van der Waals surface area contributed by atoms with Crippen LogP contribution in [0, 0.1) is 5.92 Å². The molecule has 0 bridgehead atoms. The van der Waals surface area contributed by atoms with Crippen molar-refractivity contribution in [1.29, 1.82) is 0 Å². The topological polar surface area (TPSA) is 84.3 Å². The lowest BCUT2D eigenvalue weighted by Gasteiger charge is -2.29. The number of carbonyl (C=O) groups excluding carboxylic acids is 3. The normalized spacial score (nSPS) is 19.8. The molecule has 1 fully saturated rings. The molecule has 2 heterocycles. The molecule has 0 spiro atoms. The molecule has 1 saturated heterocycles. The van der Waals surface area contributed by atoms with E-state index in [1.165, 1.54) is 0 Å². The Morgan fingerprint density at radius 3 is 2.68 bits per heavy atom. The maximum atomic E-state index is 12.2. The van der Waals surface area contributed by atoms with Gasteiger partial charge in [-0.15, -0.1) is 0 Å². The Hall–Kier alpha value is -2.18. The molecule has 1 unspecified atom stereocenters. The molecular weight excluding hydrogens is 248 g/mol. The summed E-state index contributed by atoms with van der Waals surface area (Å²) in [5.74, 6) is -1.70. The average molecular weight is 264 g/mol. The number of hydrogen-bond acceptors (Lipinski definition) is 4. The van der Waals surface area contributed by atoms with Gasteiger partial charge in [0.05, 0.1) is 12.7 Å². The number of hydrogen-bond donors (Lipinski definition) is 1. The van der Waals surface area contributed by atoms with Crippen molar-refractivity contribution in [3.63, 3.8) is 0 Å². The summed E-state index contributed by atoms with van der Waals surface area (Å²) >= 11 is 0. The summed E-state index contributed by atoms with van der Waals surface area (Å²) in [4.78, 5) is 36.6. The summed E-state index contributed by atoms with van der Waals surface area (Å²) in [5, 5.41) is 6.20. The average Bonchev–Trinajstić information content (AvgIpc) is 2.76. The van der Waals surface area contributed by atoms with Gasteiger partial charge in [0.15, 0.2) is 0 Å². The lowest BCUT2D eigenvalue weighted by molar-refractivity contribution is -0.143. The van der Waals surface area contributed by atoms with Crippen LogP contribution in [0.2, 0.25) is 0 Å². The van der Waals surface area contributed by atoms with E-state index in [4.69, 9.17) is 0 Å². The van der Waals surface area contributed by atoms with Crippen molar-refractivity contribution < 1.29 is 14.4 Å². The highest BCUT2D eigenvalue weighted by Gasteiger charge is 2.39. The van der Waals surface area contributed by atoms with Gasteiger partial charge in [0.1, 0.15) is 5.92 Å². The minimum absolute atomic E-state index is 0.131. The molecule has 0 saturated carbocycles. The fourth-order valence-electron chi connectivity index (χ4n) is 2.09. The molecule has 7 heteroatoms. The number of amides is 4. The second-order valence-electron chi connectivity index (χ2n) is 4.58. The van der Waals surface area contributed by atoms with Crippen molar-refractivity contribution in [2.75, 3.05) is 0 Å². The predicted octanol–water partition coefficient (Wildman–Crippen LogP) is 0.415. The molecule has 102 valence electrons. The minimum atomic E-state index is -0.764. The molecule has 1 aromatic rings. The summed E-state index contributed by atoms with van der Waals surface area (Å²) in [6, 6.07) is -0.661. The Morgan fingerprint density at radius 1 is 1.37 bits per heavy atom. The Balaban J connectivity index is 2.16. The predicted molar refractivity (Wildman–Crippen MR) is 65.7 cm³/mol. The van der Waals surface area contributed by atoms with E-state index >= 15 is 0 Å². The van der Waals surface area contributed by atoms with Gasteiger partial charge in [-0.05, 0) is 6.42 Å². The van der Waals surface area contributed by atoms with Crippen LogP contribution in [0.5, 0.6) is 0 Å². The van der Waals surface area contributed by atoms with Gasteiger partial charge in [0.2, 0.25) is 11.8 Å². The Bertz CT molecular complexity index is 523. The quantitative estimate of drug-likeness (QED) is 0.798. The molecule has 0 aromatic carbocycles. The first kappa shape index (κ1) is 13.3. The fourth-order valence-corrected chi connectivity index (χ4v) is 2.09. The number of barbiturate groups is 1. The molecule has 1 aromatic heterocycles. The Morgan fingerprint density at radius 2 is 2.11 bits per heavy atom. The smallest absolute Gasteiger partial charge is 0.277 e. The number of rotatable bonds is 4. The summed E-state index contributed by atoms with van der Waals surface area (Å²) < 4.78 is 1.59. The fraction of sp³-hybridized carbons (Fsp3) is 0.500. The zero-order valence-electron chi connectivity index (χ0n) is 10.9.